The van der Waals surface area contributed by atoms with Gasteiger partial charge in [-0.05, 0) is 37.5 Å². The van der Waals surface area contributed by atoms with E-state index in [1.54, 1.807) is 0 Å². The second-order valence-corrected chi connectivity index (χ2v) is 4.57. The van der Waals surface area contributed by atoms with Crippen LogP contribution in [-0.2, 0) is 9.53 Å². The van der Waals surface area contributed by atoms with E-state index in [9.17, 15) is 9.90 Å². The molecule has 0 amide bonds. The Hall–Kier alpha value is -0.870. The minimum absolute atomic E-state index is 0.143. The van der Waals surface area contributed by atoms with E-state index >= 15 is 0 Å². The van der Waals surface area contributed by atoms with Crippen molar-refractivity contribution in [3.63, 3.8) is 0 Å². The van der Waals surface area contributed by atoms with Gasteiger partial charge in [-0.1, -0.05) is 12.2 Å². The third-order valence-corrected chi connectivity index (χ3v) is 3.46. The average molecular weight is 242 g/mol. The van der Waals surface area contributed by atoms with Gasteiger partial charge in [0.25, 0.3) is 0 Å². The number of hydrogen-bond donors (Lipinski definition) is 2. The Morgan fingerprint density at radius 2 is 2.18 bits per heavy atom. The van der Waals surface area contributed by atoms with E-state index in [1.165, 1.54) is 7.11 Å². The van der Waals surface area contributed by atoms with Gasteiger partial charge in [0.1, 0.15) is 0 Å². The number of methoxy groups -OCH3 is 1. The molecule has 1 aliphatic rings. The first-order valence-corrected chi connectivity index (χ1v) is 6.19. The van der Waals surface area contributed by atoms with Crippen molar-refractivity contribution in [1.82, 2.24) is 0 Å². The lowest BCUT2D eigenvalue weighted by Gasteiger charge is -2.19. The monoisotopic (exact) mass is 242 g/mol. The summed E-state index contributed by atoms with van der Waals surface area (Å²) in [7, 11) is 1.39. The number of carbonyl (C=O) groups excluding carboxylic acids is 1. The molecule has 0 spiro atoms. The van der Waals surface area contributed by atoms with Crippen LogP contribution in [0.2, 0.25) is 0 Å². The zero-order valence-electron chi connectivity index (χ0n) is 10.3. The highest BCUT2D eigenvalue weighted by Crippen LogP contribution is 2.37. The SMILES string of the molecule is COC(=O)C[C@@H]1CC[C@H](O)[C@@H]1C/C=C\CCO. The highest BCUT2D eigenvalue weighted by atomic mass is 16.5. The first-order valence-electron chi connectivity index (χ1n) is 6.19. The van der Waals surface area contributed by atoms with Crippen molar-refractivity contribution in [2.75, 3.05) is 13.7 Å². The van der Waals surface area contributed by atoms with Gasteiger partial charge in [0, 0.05) is 13.0 Å². The van der Waals surface area contributed by atoms with Crippen molar-refractivity contribution in [3.05, 3.63) is 12.2 Å². The Morgan fingerprint density at radius 3 is 2.82 bits per heavy atom. The van der Waals surface area contributed by atoms with Gasteiger partial charge in [0.05, 0.1) is 13.2 Å². The fourth-order valence-corrected chi connectivity index (χ4v) is 2.47. The van der Waals surface area contributed by atoms with E-state index < -0.39 is 0 Å². The summed E-state index contributed by atoms with van der Waals surface area (Å²) in [6.45, 7) is 0.148. The van der Waals surface area contributed by atoms with Gasteiger partial charge in [-0.15, -0.1) is 0 Å². The fourth-order valence-electron chi connectivity index (χ4n) is 2.47. The average Bonchev–Trinajstić information content (AvgIpc) is 2.66. The first-order chi connectivity index (χ1) is 8.19. The molecule has 0 saturated heterocycles. The number of rotatable bonds is 6. The predicted molar refractivity (Wildman–Crippen MR) is 64.3 cm³/mol. The van der Waals surface area contributed by atoms with Crippen molar-refractivity contribution >= 4 is 5.97 Å². The van der Waals surface area contributed by atoms with E-state index in [4.69, 9.17) is 5.11 Å². The van der Waals surface area contributed by atoms with Gasteiger partial charge in [-0.3, -0.25) is 4.79 Å². The molecule has 0 bridgehead atoms. The molecule has 0 aromatic rings. The molecule has 0 radical (unpaired) electrons. The summed E-state index contributed by atoms with van der Waals surface area (Å²) >= 11 is 0. The van der Waals surface area contributed by atoms with Gasteiger partial charge >= 0.3 is 5.97 Å². The lowest BCUT2D eigenvalue weighted by Crippen LogP contribution is -2.21. The number of esters is 1. The van der Waals surface area contributed by atoms with Gasteiger partial charge in [0.2, 0.25) is 0 Å². The van der Waals surface area contributed by atoms with E-state index in [1.807, 2.05) is 12.2 Å². The van der Waals surface area contributed by atoms with E-state index in [0.717, 1.165) is 19.3 Å². The van der Waals surface area contributed by atoms with Gasteiger partial charge < -0.3 is 14.9 Å². The van der Waals surface area contributed by atoms with Crippen molar-refractivity contribution < 1.29 is 19.7 Å². The second kappa shape index (κ2) is 7.45. The summed E-state index contributed by atoms with van der Waals surface area (Å²) in [5, 5.41) is 18.5. The molecule has 98 valence electrons. The van der Waals surface area contributed by atoms with Gasteiger partial charge in [-0.2, -0.15) is 0 Å². The maximum Gasteiger partial charge on any atom is 0.305 e. The molecule has 0 aromatic heterocycles. The molecule has 4 heteroatoms. The number of hydrogen-bond acceptors (Lipinski definition) is 4. The summed E-state index contributed by atoms with van der Waals surface area (Å²) in [6, 6.07) is 0. The van der Waals surface area contributed by atoms with Crippen LogP contribution in [0.15, 0.2) is 12.2 Å². The number of aliphatic hydroxyl groups excluding tert-OH is 2. The molecule has 1 saturated carbocycles. The zero-order valence-corrected chi connectivity index (χ0v) is 10.3. The molecular formula is C13H22O4. The summed E-state index contributed by atoms with van der Waals surface area (Å²) in [5.74, 6) is 0.161. The Bertz CT molecular complexity index is 262. The predicted octanol–water partition coefficient (Wildman–Crippen LogP) is 1.27. The summed E-state index contributed by atoms with van der Waals surface area (Å²) in [6.07, 6.45) is 7.04. The Balaban J connectivity index is 2.44. The molecule has 0 aromatic carbocycles. The van der Waals surface area contributed by atoms with Crippen LogP contribution in [0.25, 0.3) is 0 Å². The largest absolute Gasteiger partial charge is 0.469 e. The van der Waals surface area contributed by atoms with E-state index in [0.29, 0.717) is 12.8 Å². The Labute approximate surface area is 102 Å². The topological polar surface area (TPSA) is 66.8 Å². The number of allylic oxidation sites excluding steroid dienone is 1. The Kier molecular flexibility index (Phi) is 6.22. The quantitative estimate of drug-likeness (QED) is 0.543. The van der Waals surface area contributed by atoms with Crippen molar-refractivity contribution in [2.24, 2.45) is 11.8 Å². The molecule has 0 heterocycles. The maximum atomic E-state index is 11.2. The molecule has 1 aliphatic carbocycles. The number of ether oxygens (including phenoxy) is 1. The van der Waals surface area contributed by atoms with Crippen molar-refractivity contribution in [1.29, 1.82) is 0 Å². The standard InChI is InChI=1S/C13H22O4/c1-17-13(16)9-10-6-7-12(15)11(10)5-3-2-4-8-14/h2-3,10-12,14-15H,4-9H2,1H3/b3-2-/t10-,11+,12-/m0/s1. The minimum atomic E-state index is -0.316. The molecule has 0 unspecified atom stereocenters. The van der Waals surface area contributed by atoms with Crippen LogP contribution in [0.3, 0.4) is 0 Å². The molecular weight excluding hydrogens is 220 g/mol. The minimum Gasteiger partial charge on any atom is -0.469 e. The lowest BCUT2D eigenvalue weighted by atomic mass is 9.89. The third-order valence-electron chi connectivity index (χ3n) is 3.46. The second-order valence-electron chi connectivity index (χ2n) is 4.57. The zero-order chi connectivity index (χ0) is 12.7. The molecule has 3 atom stereocenters. The fraction of sp³-hybridized carbons (Fsp3) is 0.769. The molecule has 0 aliphatic heterocycles. The van der Waals surface area contributed by atoms with Crippen molar-refractivity contribution in [2.45, 2.75) is 38.2 Å². The first kappa shape index (κ1) is 14.2. The smallest absolute Gasteiger partial charge is 0.305 e. The van der Waals surface area contributed by atoms with Gasteiger partial charge in [-0.25, -0.2) is 0 Å². The molecule has 4 nitrogen and oxygen atoms in total. The number of aliphatic hydroxyl groups is 2. The normalized spacial score (nSPS) is 28.8. The highest BCUT2D eigenvalue weighted by molar-refractivity contribution is 5.69. The van der Waals surface area contributed by atoms with Crippen LogP contribution in [0.4, 0.5) is 0 Å². The Morgan fingerprint density at radius 1 is 1.41 bits per heavy atom. The van der Waals surface area contributed by atoms with E-state index in [-0.39, 0.29) is 30.5 Å². The molecule has 1 rings (SSSR count). The molecule has 2 N–H and O–H groups in total. The van der Waals surface area contributed by atoms with E-state index in [2.05, 4.69) is 4.74 Å². The summed E-state index contributed by atoms with van der Waals surface area (Å²) in [4.78, 5) is 11.2. The number of carbonyl (C=O) groups is 1. The maximum absolute atomic E-state index is 11.2. The van der Waals surface area contributed by atoms with Crippen LogP contribution in [0.1, 0.15) is 32.1 Å². The summed E-state index contributed by atoms with van der Waals surface area (Å²) in [5.41, 5.74) is 0. The lowest BCUT2D eigenvalue weighted by molar-refractivity contribution is -0.142. The molecule has 1 fully saturated rings. The van der Waals surface area contributed by atoms with Gasteiger partial charge in [0.15, 0.2) is 0 Å². The van der Waals surface area contributed by atoms with Crippen LogP contribution in [0.5, 0.6) is 0 Å². The van der Waals surface area contributed by atoms with Crippen LogP contribution >= 0.6 is 0 Å². The van der Waals surface area contributed by atoms with Crippen LogP contribution in [0, 0.1) is 11.8 Å². The highest BCUT2D eigenvalue weighted by Gasteiger charge is 2.35. The molecule has 17 heavy (non-hydrogen) atoms. The summed E-state index contributed by atoms with van der Waals surface area (Å²) < 4.78 is 4.67. The van der Waals surface area contributed by atoms with Crippen LogP contribution < -0.4 is 0 Å². The van der Waals surface area contributed by atoms with Crippen molar-refractivity contribution in [3.8, 4) is 0 Å². The van der Waals surface area contributed by atoms with Crippen LogP contribution in [-0.4, -0.2) is 36.0 Å². The third kappa shape index (κ3) is 4.48.